The number of carbonyl (C=O) groups excluding carboxylic acids is 1. The molecule has 0 radical (unpaired) electrons. The monoisotopic (exact) mass is 315 g/mol. The van der Waals surface area contributed by atoms with Gasteiger partial charge in [-0.3, -0.25) is 9.69 Å². The van der Waals surface area contributed by atoms with Crippen molar-refractivity contribution in [2.45, 2.75) is 72.8 Å². The van der Waals surface area contributed by atoms with Crippen molar-refractivity contribution in [2.24, 2.45) is 0 Å². The minimum atomic E-state index is 0. The van der Waals surface area contributed by atoms with Crippen LogP contribution in [0.2, 0.25) is 0 Å². The molecule has 1 saturated heterocycles. The molecule has 1 aliphatic rings. The van der Waals surface area contributed by atoms with Crippen LogP contribution >= 0.6 is 0 Å². The van der Waals surface area contributed by atoms with E-state index in [1.165, 1.54) is 19.3 Å². The number of amides is 1. The van der Waals surface area contributed by atoms with Crippen LogP contribution in [0, 0.1) is 0 Å². The van der Waals surface area contributed by atoms with Crippen LogP contribution in [-0.4, -0.2) is 61.0 Å². The zero-order valence-electron chi connectivity index (χ0n) is 15.7. The number of piperazine rings is 1. The van der Waals surface area contributed by atoms with E-state index >= 15 is 0 Å². The Hall–Kier alpha value is -0.610. The first-order valence-corrected chi connectivity index (χ1v) is 9.40. The number of unbranched alkanes of at least 4 members (excludes halogenated alkanes) is 2. The number of carbonyl (C=O) groups is 1. The van der Waals surface area contributed by atoms with Gasteiger partial charge < -0.3 is 10.2 Å². The molecule has 0 saturated carbocycles. The lowest BCUT2D eigenvalue weighted by atomic mass is 10.2. The third-order valence-corrected chi connectivity index (χ3v) is 4.38. The summed E-state index contributed by atoms with van der Waals surface area (Å²) >= 11 is 0. The Labute approximate surface area is 140 Å². The quantitative estimate of drug-likeness (QED) is 0.663. The maximum absolute atomic E-state index is 11.7. The third kappa shape index (κ3) is 9.42. The first kappa shape index (κ1) is 21.4. The second-order valence-corrected chi connectivity index (χ2v) is 5.94. The second kappa shape index (κ2) is 14.0. The van der Waals surface area contributed by atoms with E-state index in [-0.39, 0.29) is 7.33 Å². The number of nitrogens with one attached hydrogen (secondary N) is 1. The van der Waals surface area contributed by atoms with Crippen LogP contribution in [0.25, 0.3) is 0 Å². The lowest BCUT2D eigenvalue weighted by Gasteiger charge is -2.37. The highest BCUT2D eigenvalue weighted by Gasteiger charge is 2.20. The normalized spacial score (nSPS) is 17.5. The zero-order chi connectivity index (χ0) is 16.8. The fourth-order valence-corrected chi connectivity index (χ4v) is 2.64. The lowest BCUT2D eigenvalue weighted by Crippen LogP contribution is -2.49. The molecule has 134 valence electrons. The van der Waals surface area contributed by atoms with Crippen LogP contribution in [-0.2, 0) is 4.79 Å². The Morgan fingerprint density at radius 1 is 1.14 bits per heavy atom. The molecule has 1 unspecified atom stereocenters. The molecule has 0 aromatic heterocycles. The molecule has 1 fully saturated rings. The zero-order valence-corrected chi connectivity index (χ0v) is 15.7. The third-order valence-electron chi connectivity index (χ3n) is 4.38. The predicted octanol–water partition coefficient (Wildman–Crippen LogP) is 3.37. The molecule has 0 aliphatic carbocycles. The Morgan fingerprint density at radius 3 is 2.32 bits per heavy atom. The molecule has 0 aromatic rings. The van der Waals surface area contributed by atoms with Crippen LogP contribution in [0.15, 0.2) is 0 Å². The highest BCUT2D eigenvalue weighted by atomic mass is 16.1. The second-order valence-electron chi connectivity index (χ2n) is 5.94. The number of rotatable bonds is 9. The molecule has 1 heterocycles. The van der Waals surface area contributed by atoms with Crippen LogP contribution in [0.4, 0.5) is 0 Å². The molecule has 1 N–H and O–H groups in total. The van der Waals surface area contributed by atoms with Gasteiger partial charge in [-0.05, 0) is 19.8 Å². The Bertz CT molecular complexity index is 269. The maximum atomic E-state index is 11.7. The summed E-state index contributed by atoms with van der Waals surface area (Å²) in [4.78, 5) is 16.7. The molecule has 1 amide bonds. The number of hydrogen-bond acceptors (Lipinski definition) is 3. The van der Waals surface area contributed by atoms with E-state index < -0.39 is 0 Å². The van der Waals surface area contributed by atoms with Crippen LogP contribution in [0.5, 0.6) is 0 Å². The minimum Gasteiger partial charge on any atom is -0.356 e. The van der Waals surface area contributed by atoms with Gasteiger partial charge in [0.2, 0.25) is 5.91 Å². The molecule has 0 aromatic carbocycles. The first-order chi connectivity index (χ1) is 10.7. The Morgan fingerprint density at radius 2 is 1.77 bits per heavy atom. The van der Waals surface area contributed by atoms with Gasteiger partial charge >= 0.3 is 0 Å². The van der Waals surface area contributed by atoms with Gasteiger partial charge in [0.1, 0.15) is 0 Å². The molecular weight excluding hydrogens is 274 g/mol. The summed E-state index contributed by atoms with van der Waals surface area (Å²) in [5, 5.41) is 3.02. The summed E-state index contributed by atoms with van der Waals surface area (Å²) in [6, 6.07) is 0.694. The minimum absolute atomic E-state index is 0. The fourth-order valence-electron chi connectivity index (χ4n) is 2.64. The van der Waals surface area contributed by atoms with E-state index in [1.807, 2.05) is 13.8 Å². The molecule has 1 rings (SSSR count). The lowest BCUT2D eigenvalue weighted by molar-refractivity contribution is -0.121. The van der Waals surface area contributed by atoms with E-state index in [1.54, 1.807) is 0 Å². The standard InChI is InChI=1S/C16H33N3O.C2H6.H2/c1-4-6-7-9-17-16(20)8-10-18-11-13-19(14-12-18)15(3)5-2;1-2;/h15H,4-14H2,1-3H3,(H,17,20);1-2H3;1H. The van der Waals surface area contributed by atoms with Crippen molar-refractivity contribution < 1.29 is 6.22 Å². The molecule has 22 heavy (non-hydrogen) atoms. The van der Waals surface area contributed by atoms with Crippen LogP contribution in [0.3, 0.4) is 0 Å². The predicted molar refractivity (Wildman–Crippen MR) is 98.4 cm³/mol. The molecule has 4 heteroatoms. The molecule has 0 spiro atoms. The van der Waals surface area contributed by atoms with E-state index in [0.717, 1.165) is 45.7 Å². The summed E-state index contributed by atoms with van der Waals surface area (Å²) in [5.41, 5.74) is 0. The summed E-state index contributed by atoms with van der Waals surface area (Å²) in [5.74, 6) is 0.213. The van der Waals surface area contributed by atoms with E-state index in [2.05, 4.69) is 35.9 Å². The van der Waals surface area contributed by atoms with E-state index in [4.69, 9.17) is 0 Å². The molecule has 1 atom stereocenters. The summed E-state index contributed by atoms with van der Waals surface area (Å²) < 4.78 is 0. The highest BCUT2D eigenvalue weighted by Crippen LogP contribution is 2.08. The smallest absolute Gasteiger partial charge is 0.221 e. The van der Waals surface area contributed by atoms with Gasteiger partial charge in [0.25, 0.3) is 0 Å². The molecule has 1 aliphatic heterocycles. The maximum Gasteiger partial charge on any atom is 0.221 e. The van der Waals surface area contributed by atoms with Crippen LogP contribution < -0.4 is 5.32 Å². The molecule has 4 nitrogen and oxygen atoms in total. The van der Waals surface area contributed by atoms with Gasteiger partial charge in [-0.25, -0.2) is 0 Å². The van der Waals surface area contributed by atoms with Gasteiger partial charge in [-0.2, -0.15) is 0 Å². The van der Waals surface area contributed by atoms with Crippen molar-refractivity contribution >= 4 is 5.91 Å². The van der Waals surface area contributed by atoms with Gasteiger partial charge in [0.05, 0.1) is 0 Å². The average molecular weight is 316 g/mol. The van der Waals surface area contributed by atoms with Crippen molar-refractivity contribution in [3.05, 3.63) is 0 Å². The van der Waals surface area contributed by atoms with Crippen molar-refractivity contribution in [3.63, 3.8) is 0 Å². The fraction of sp³-hybridized carbons (Fsp3) is 0.944. The summed E-state index contributed by atoms with van der Waals surface area (Å²) in [6.07, 6.45) is 5.39. The topological polar surface area (TPSA) is 35.6 Å². The number of hydrogen-bond donors (Lipinski definition) is 1. The highest BCUT2D eigenvalue weighted by molar-refractivity contribution is 5.75. The Kier molecular flexibility index (Phi) is 13.6. The SMILES string of the molecule is CC.CCCCCNC(=O)CCN1CCN(C(C)CC)CC1.[HH]. The molecular formula is C18H41N3O. The van der Waals surface area contributed by atoms with E-state index in [0.29, 0.717) is 12.5 Å². The molecule has 0 bridgehead atoms. The average Bonchev–Trinajstić information content (AvgIpc) is 2.58. The van der Waals surface area contributed by atoms with E-state index in [9.17, 15) is 4.79 Å². The largest absolute Gasteiger partial charge is 0.356 e. The van der Waals surface area contributed by atoms with Crippen molar-refractivity contribution in [1.29, 1.82) is 0 Å². The van der Waals surface area contributed by atoms with Crippen molar-refractivity contribution in [2.75, 3.05) is 39.3 Å². The van der Waals surface area contributed by atoms with Gasteiger partial charge in [0.15, 0.2) is 0 Å². The number of nitrogens with zero attached hydrogens (tertiary/aromatic N) is 2. The first-order valence-electron chi connectivity index (χ1n) is 9.40. The summed E-state index contributed by atoms with van der Waals surface area (Å²) in [6.45, 7) is 17.0. The van der Waals surface area contributed by atoms with Gasteiger partial charge in [-0.15, -0.1) is 0 Å². The summed E-state index contributed by atoms with van der Waals surface area (Å²) in [7, 11) is 0. The van der Waals surface area contributed by atoms with Crippen molar-refractivity contribution in [3.8, 4) is 0 Å². The van der Waals surface area contributed by atoms with Crippen molar-refractivity contribution in [1.82, 2.24) is 15.1 Å². The van der Waals surface area contributed by atoms with Gasteiger partial charge in [-0.1, -0.05) is 40.5 Å². The Balaban J connectivity index is 0. The van der Waals surface area contributed by atoms with Crippen LogP contribution in [0.1, 0.15) is 68.1 Å². The van der Waals surface area contributed by atoms with Gasteiger partial charge in [0, 0.05) is 53.2 Å².